The number of nitrogens with zero attached hydrogens (tertiary/aromatic N) is 2. The minimum absolute atomic E-state index is 0.0952. The first kappa shape index (κ1) is 21.3. The summed E-state index contributed by atoms with van der Waals surface area (Å²) < 4.78 is 37.7. The van der Waals surface area contributed by atoms with Crippen LogP contribution >= 0.6 is 0 Å². The molecule has 0 spiro atoms. The molecule has 0 bridgehead atoms. The molecular formula is C18H26N2O6S. The van der Waals surface area contributed by atoms with Crippen LogP contribution in [-0.4, -0.2) is 75.0 Å². The molecule has 1 amide bonds. The summed E-state index contributed by atoms with van der Waals surface area (Å²) in [5.74, 6) is -1.02. The van der Waals surface area contributed by atoms with E-state index in [2.05, 4.69) is 0 Å². The van der Waals surface area contributed by atoms with E-state index in [1.807, 2.05) is 13.8 Å². The number of rotatable bonds is 5. The third-order valence-corrected chi connectivity index (χ3v) is 6.03. The second kappa shape index (κ2) is 8.37. The maximum atomic E-state index is 12.8. The fraction of sp³-hybridized carbons (Fsp3) is 0.556. The van der Waals surface area contributed by atoms with Crippen molar-refractivity contribution in [2.45, 2.75) is 44.0 Å². The van der Waals surface area contributed by atoms with Crippen molar-refractivity contribution in [3.8, 4) is 0 Å². The zero-order valence-corrected chi connectivity index (χ0v) is 17.0. The minimum atomic E-state index is -3.68. The van der Waals surface area contributed by atoms with Gasteiger partial charge in [-0.25, -0.2) is 13.2 Å². The number of carbonyl (C=O) groups is 2. The summed E-state index contributed by atoms with van der Waals surface area (Å²) in [5, 5.41) is 0. The average Bonchev–Trinajstić information content (AvgIpc) is 2.60. The van der Waals surface area contributed by atoms with E-state index in [1.54, 1.807) is 14.1 Å². The molecule has 27 heavy (non-hydrogen) atoms. The minimum Gasteiger partial charge on any atom is -0.449 e. The van der Waals surface area contributed by atoms with Crippen LogP contribution in [0.1, 0.15) is 31.1 Å². The van der Waals surface area contributed by atoms with E-state index in [0.29, 0.717) is 0 Å². The molecule has 1 fully saturated rings. The van der Waals surface area contributed by atoms with E-state index >= 15 is 0 Å². The molecule has 0 aromatic heterocycles. The number of morpholine rings is 1. The van der Waals surface area contributed by atoms with E-state index in [0.717, 1.165) is 0 Å². The van der Waals surface area contributed by atoms with Crippen LogP contribution in [0.25, 0.3) is 0 Å². The lowest BCUT2D eigenvalue weighted by molar-refractivity contribution is -0.137. The number of benzene rings is 1. The highest BCUT2D eigenvalue weighted by Crippen LogP contribution is 2.21. The lowest BCUT2D eigenvalue weighted by Crippen LogP contribution is -2.48. The zero-order chi connectivity index (χ0) is 20.4. The maximum absolute atomic E-state index is 12.8. The Labute approximate surface area is 160 Å². The first-order valence-electron chi connectivity index (χ1n) is 8.70. The molecule has 0 aliphatic carbocycles. The van der Waals surface area contributed by atoms with Crippen molar-refractivity contribution in [2.24, 2.45) is 0 Å². The third-order valence-electron chi connectivity index (χ3n) is 4.19. The van der Waals surface area contributed by atoms with Crippen molar-refractivity contribution in [1.29, 1.82) is 0 Å². The standard InChI is InChI=1S/C18H26N2O6S/c1-12-10-20(11-13(2)25-12)27(23,24)16-8-6-15(7-9-16)18(22)26-14(3)17(21)19(4)5/h6-9,12-14H,10-11H2,1-5H3. The summed E-state index contributed by atoms with van der Waals surface area (Å²) in [5.41, 5.74) is 0.177. The number of amides is 1. The van der Waals surface area contributed by atoms with Gasteiger partial charge in [-0.1, -0.05) is 0 Å². The quantitative estimate of drug-likeness (QED) is 0.690. The predicted molar refractivity (Wildman–Crippen MR) is 98.8 cm³/mol. The van der Waals surface area contributed by atoms with Crippen LogP contribution in [0, 0.1) is 0 Å². The van der Waals surface area contributed by atoms with Gasteiger partial charge in [0.2, 0.25) is 10.0 Å². The largest absolute Gasteiger partial charge is 0.449 e. The summed E-state index contributed by atoms with van der Waals surface area (Å²) in [7, 11) is -0.539. The lowest BCUT2D eigenvalue weighted by atomic mass is 10.2. The van der Waals surface area contributed by atoms with Crippen LogP contribution < -0.4 is 0 Å². The van der Waals surface area contributed by atoms with Gasteiger partial charge in [-0.3, -0.25) is 4.79 Å². The normalized spacial score (nSPS) is 22.1. The van der Waals surface area contributed by atoms with Gasteiger partial charge in [0.05, 0.1) is 22.7 Å². The Balaban J connectivity index is 2.12. The van der Waals surface area contributed by atoms with Gasteiger partial charge in [0.1, 0.15) is 0 Å². The van der Waals surface area contributed by atoms with Gasteiger partial charge < -0.3 is 14.4 Å². The van der Waals surface area contributed by atoms with Crippen molar-refractivity contribution < 1.29 is 27.5 Å². The third kappa shape index (κ3) is 5.06. The second-order valence-electron chi connectivity index (χ2n) is 6.88. The first-order chi connectivity index (χ1) is 12.5. The van der Waals surface area contributed by atoms with Gasteiger partial charge >= 0.3 is 5.97 Å². The average molecular weight is 398 g/mol. The topological polar surface area (TPSA) is 93.2 Å². The fourth-order valence-electron chi connectivity index (χ4n) is 2.88. The number of carbonyl (C=O) groups excluding carboxylic acids is 2. The fourth-order valence-corrected chi connectivity index (χ4v) is 4.47. The van der Waals surface area contributed by atoms with Crippen molar-refractivity contribution in [3.05, 3.63) is 29.8 Å². The maximum Gasteiger partial charge on any atom is 0.338 e. The Kier molecular flexibility index (Phi) is 6.61. The Morgan fingerprint density at radius 1 is 1.15 bits per heavy atom. The number of esters is 1. The van der Waals surface area contributed by atoms with Gasteiger partial charge in [-0.05, 0) is 45.0 Å². The van der Waals surface area contributed by atoms with Gasteiger partial charge in [0.15, 0.2) is 6.10 Å². The Morgan fingerprint density at radius 3 is 2.15 bits per heavy atom. The molecule has 3 unspecified atom stereocenters. The van der Waals surface area contributed by atoms with Crippen LogP contribution in [0.2, 0.25) is 0 Å². The number of hydrogen-bond donors (Lipinski definition) is 0. The highest BCUT2D eigenvalue weighted by atomic mass is 32.2. The number of hydrogen-bond acceptors (Lipinski definition) is 6. The summed E-state index contributed by atoms with van der Waals surface area (Å²) in [6.07, 6.45) is -1.30. The molecule has 3 atom stereocenters. The van der Waals surface area contributed by atoms with Crippen molar-refractivity contribution >= 4 is 21.9 Å². The molecule has 1 aliphatic heterocycles. The van der Waals surface area contributed by atoms with Crippen LogP contribution in [0.3, 0.4) is 0 Å². The molecule has 150 valence electrons. The molecule has 9 heteroatoms. The summed E-state index contributed by atoms with van der Waals surface area (Å²) in [6, 6.07) is 5.51. The van der Waals surface area contributed by atoms with Crippen LogP contribution in [0.15, 0.2) is 29.2 Å². The first-order valence-corrected chi connectivity index (χ1v) is 10.1. The van der Waals surface area contributed by atoms with Crippen molar-refractivity contribution in [1.82, 2.24) is 9.21 Å². The van der Waals surface area contributed by atoms with Crippen LogP contribution in [-0.2, 0) is 24.3 Å². The summed E-state index contributed by atoms with van der Waals surface area (Å²) in [4.78, 5) is 25.4. The molecule has 1 aromatic rings. The molecule has 0 N–H and O–H groups in total. The highest BCUT2D eigenvalue weighted by Gasteiger charge is 2.32. The van der Waals surface area contributed by atoms with Gasteiger partial charge in [-0.15, -0.1) is 0 Å². The lowest BCUT2D eigenvalue weighted by Gasteiger charge is -2.34. The predicted octanol–water partition coefficient (Wildman–Crippen LogP) is 1.12. The smallest absolute Gasteiger partial charge is 0.338 e. The Bertz CT molecular complexity index is 781. The highest BCUT2D eigenvalue weighted by molar-refractivity contribution is 7.89. The molecular weight excluding hydrogens is 372 g/mol. The molecule has 1 saturated heterocycles. The van der Waals surface area contributed by atoms with E-state index in [1.165, 1.54) is 40.4 Å². The number of ether oxygens (including phenoxy) is 2. The monoisotopic (exact) mass is 398 g/mol. The van der Waals surface area contributed by atoms with E-state index in [4.69, 9.17) is 9.47 Å². The number of likely N-dealkylation sites (N-methyl/N-ethyl adjacent to an activating group) is 1. The van der Waals surface area contributed by atoms with Gasteiger partial charge in [0, 0.05) is 27.2 Å². The molecule has 1 heterocycles. The summed E-state index contributed by atoms with van der Waals surface area (Å²) >= 11 is 0. The molecule has 8 nitrogen and oxygen atoms in total. The summed E-state index contributed by atoms with van der Waals surface area (Å²) in [6.45, 7) is 5.70. The Hall–Kier alpha value is -1.97. The zero-order valence-electron chi connectivity index (χ0n) is 16.2. The van der Waals surface area contributed by atoms with Crippen molar-refractivity contribution in [2.75, 3.05) is 27.2 Å². The second-order valence-corrected chi connectivity index (χ2v) is 8.82. The van der Waals surface area contributed by atoms with E-state index in [-0.39, 0.29) is 41.7 Å². The van der Waals surface area contributed by atoms with Crippen LogP contribution in [0.5, 0.6) is 0 Å². The van der Waals surface area contributed by atoms with E-state index < -0.39 is 22.1 Å². The van der Waals surface area contributed by atoms with Gasteiger partial charge in [0.25, 0.3) is 5.91 Å². The molecule has 0 saturated carbocycles. The SMILES string of the molecule is CC1CN(S(=O)(=O)c2ccc(C(=O)OC(C)C(=O)N(C)C)cc2)CC(C)O1. The molecule has 2 rings (SSSR count). The van der Waals surface area contributed by atoms with Crippen molar-refractivity contribution in [3.63, 3.8) is 0 Å². The van der Waals surface area contributed by atoms with E-state index in [9.17, 15) is 18.0 Å². The Morgan fingerprint density at radius 2 is 1.67 bits per heavy atom. The molecule has 0 radical (unpaired) electrons. The van der Waals surface area contributed by atoms with Crippen LogP contribution in [0.4, 0.5) is 0 Å². The van der Waals surface area contributed by atoms with Gasteiger partial charge in [-0.2, -0.15) is 4.31 Å². The number of sulfonamides is 1. The molecule has 1 aromatic carbocycles. The molecule has 1 aliphatic rings.